The minimum absolute atomic E-state index is 0.112. The number of carbonyl (C=O) groups is 2. The Morgan fingerprint density at radius 3 is 2.55 bits per heavy atom. The van der Waals surface area contributed by atoms with Crippen LogP contribution in [0.25, 0.3) is 0 Å². The van der Waals surface area contributed by atoms with Gasteiger partial charge in [0.05, 0.1) is 5.56 Å². The molecule has 102 valence electrons. The van der Waals surface area contributed by atoms with E-state index in [1.165, 1.54) is 18.3 Å². The number of carboxylic acid groups (broad SMARTS) is 1. The van der Waals surface area contributed by atoms with Crippen LogP contribution in [-0.4, -0.2) is 27.0 Å². The third-order valence-electron chi connectivity index (χ3n) is 2.52. The number of hydrogen-bond donors (Lipinski definition) is 2. The molecule has 0 unspecified atom stereocenters. The summed E-state index contributed by atoms with van der Waals surface area (Å²) in [6, 6.07) is 4.51. The van der Waals surface area contributed by atoms with Crippen LogP contribution < -0.4 is 5.32 Å². The molecule has 0 atom stereocenters. The molecule has 0 saturated carbocycles. The molecule has 1 amide bonds. The number of hydrogen-bond acceptors (Lipinski definition) is 4. The summed E-state index contributed by atoms with van der Waals surface area (Å²) in [4.78, 5) is 30.4. The molecule has 6 nitrogen and oxygen atoms in total. The van der Waals surface area contributed by atoms with Crippen LogP contribution in [0.3, 0.4) is 0 Å². The molecule has 0 saturated heterocycles. The van der Waals surface area contributed by atoms with Gasteiger partial charge >= 0.3 is 5.97 Å². The smallest absolute Gasteiger partial charge is 0.354 e. The van der Waals surface area contributed by atoms with Crippen molar-refractivity contribution in [3.8, 4) is 0 Å². The highest BCUT2D eigenvalue weighted by Gasteiger charge is 2.11. The first-order valence-corrected chi connectivity index (χ1v) is 6.39. The number of aryl methyl sites for hydroxylation is 1. The highest BCUT2D eigenvalue weighted by atomic mass is 79.9. The molecule has 7 heteroatoms. The second kappa shape index (κ2) is 5.79. The van der Waals surface area contributed by atoms with Gasteiger partial charge in [0.25, 0.3) is 5.91 Å². The molecule has 2 aromatic rings. The maximum Gasteiger partial charge on any atom is 0.354 e. The Morgan fingerprint density at radius 2 is 2.00 bits per heavy atom. The third kappa shape index (κ3) is 3.18. The molecule has 0 bridgehead atoms. The molecule has 2 heterocycles. The first-order valence-electron chi connectivity index (χ1n) is 5.60. The van der Waals surface area contributed by atoms with Gasteiger partial charge in [-0.3, -0.25) is 4.79 Å². The number of pyridine rings is 2. The predicted molar refractivity (Wildman–Crippen MR) is 75.8 cm³/mol. The first-order chi connectivity index (χ1) is 9.47. The van der Waals surface area contributed by atoms with Crippen molar-refractivity contribution in [2.24, 2.45) is 0 Å². The number of aromatic carboxylic acids is 1. The largest absolute Gasteiger partial charge is 0.477 e. The molecule has 0 aliphatic heterocycles. The van der Waals surface area contributed by atoms with Crippen LogP contribution >= 0.6 is 15.9 Å². The number of nitrogens with zero attached hydrogens (tertiary/aromatic N) is 2. The van der Waals surface area contributed by atoms with Gasteiger partial charge in [-0.25, -0.2) is 14.8 Å². The lowest BCUT2D eigenvalue weighted by Crippen LogP contribution is -2.14. The van der Waals surface area contributed by atoms with Gasteiger partial charge in [0.2, 0.25) is 0 Å². The number of carbonyl (C=O) groups excluding carboxylic acids is 1. The molecule has 2 N–H and O–H groups in total. The van der Waals surface area contributed by atoms with Crippen molar-refractivity contribution in [2.45, 2.75) is 6.92 Å². The third-order valence-corrected chi connectivity index (χ3v) is 2.96. The lowest BCUT2D eigenvalue weighted by atomic mass is 10.2. The maximum atomic E-state index is 12.0. The van der Waals surface area contributed by atoms with Crippen LogP contribution in [0.5, 0.6) is 0 Å². The highest BCUT2D eigenvalue weighted by molar-refractivity contribution is 9.10. The second-order valence-corrected chi connectivity index (χ2v) is 4.93. The summed E-state index contributed by atoms with van der Waals surface area (Å²) in [5.41, 5.74) is 0.960. The average Bonchev–Trinajstić information content (AvgIpc) is 2.42. The normalized spacial score (nSPS) is 10.1. The zero-order chi connectivity index (χ0) is 14.7. The van der Waals surface area contributed by atoms with Crippen molar-refractivity contribution in [1.29, 1.82) is 0 Å². The lowest BCUT2D eigenvalue weighted by molar-refractivity contribution is 0.0690. The fourth-order valence-electron chi connectivity index (χ4n) is 1.51. The van der Waals surface area contributed by atoms with Gasteiger partial charge in [-0.05, 0) is 46.6 Å². The van der Waals surface area contributed by atoms with Crippen LogP contribution in [0, 0.1) is 6.92 Å². The van der Waals surface area contributed by atoms with Gasteiger partial charge in [-0.1, -0.05) is 0 Å². The standard InChI is InChI=1S/C13H10BrN3O3/c1-7-4-9(14)6-16-11(7)17-12(18)8-2-3-10(13(19)20)15-5-8/h2-6H,1H3,(H,19,20)(H,16,17,18). The molecule has 0 radical (unpaired) electrons. The number of nitrogens with one attached hydrogen (secondary N) is 1. The number of amides is 1. The van der Waals surface area contributed by atoms with Gasteiger partial charge < -0.3 is 10.4 Å². The van der Waals surface area contributed by atoms with Crippen molar-refractivity contribution >= 4 is 33.6 Å². The Hall–Kier alpha value is -2.28. The van der Waals surface area contributed by atoms with Gasteiger partial charge in [-0.15, -0.1) is 0 Å². The number of halogens is 1. The Balaban J connectivity index is 2.17. The Morgan fingerprint density at radius 1 is 1.25 bits per heavy atom. The van der Waals surface area contributed by atoms with E-state index in [1.54, 1.807) is 6.20 Å². The Kier molecular flexibility index (Phi) is 4.09. The number of aromatic nitrogens is 2. The van der Waals surface area contributed by atoms with E-state index in [0.29, 0.717) is 5.82 Å². The summed E-state index contributed by atoms with van der Waals surface area (Å²) >= 11 is 3.29. The highest BCUT2D eigenvalue weighted by Crippen LogP contribution is 2.17. The summed E-state index contributed by atoms with van der Waals surface area (Å²) in [6.07, 6.45) is 2.79. The first kappa shape index (κ1) is 14.1. The molecule has 0 aliphatic rings. The van der Waals surface area contributed by atoms with E-state index in [-0.39, 0.29) is 11.3 Å². The van der Waals surface area contributed by atoms with E-state index in [4.69, 9.17) is 5.11 Å². The van der Waals surface area contributed by atoms with Crippen LogP contribution in [0.4, 0.5) is 5.82 Å². The molecule has 2 aromatic heterocycles. The van der Waals surface area contributed by atoms with E-state index in [9.17, 15) is 9.59 Å². The molecule has 0 aromatic carbocycles. The minimum atomic E-state index is -1.14. The van der Waals surface area contributed by atoms with Crippen molar-refractivity contribution in [1.82, 2.24) is 9.97 Å². The lowest BCUT2D eigenvalue weighted by Gasteiger charge is -2.07. The monoisotopic (exact) mass is 335 g/mol. The van der Waals surface area contributed by atoms with E-state index in [2.05, 4.69) is 31.2 Å². The Labute approximate surface area is 123 Å². The quantitative estimate of drug-likeness (QED) is 0.898. The number of rotatable bonds is 3. The van der Waals surface area contributed by atoms with Crippen LogP contribution in [0.2, 0.25) is 0 Å². The van der Waals surface area contributed by atoms with Gasteiger partial charge in [0, 0.05) is 16.9 Å². The molecule has 0 fully saturated rings. The zero-order valence-corrected chi connectivity index (χ0v) is 12.0. The summed E-state index contributed by atoms with van der Waals surface area (Å²) in [5.74, 6) is -1.09. The fourth-order valence-corrected chi connectivity index (χ4v) is 1.95. The average molecular weight is 336 g/mol. The summed E-state index contributed by atoms with van der Waals surface area (Å²) in [7, 11) is 0. The summed E-state index contributed by atoms with van der Waals surface area (Å²) < 4.78 is 0.820. The fraction of sp³-hybridized carbons (Fsp3) is 0.0769. The Bertz CT molecular complexity index is 671. The van der Waals surface area contributed by atoms with Crippen LogP contribution in [0.1, 0.15) is 26.4 Å². The van der Waals surface area contributed by atoms with Crippen molar-refractivity contribution in [3.63, 3.8) is 0 Å². The molecule has 2 rings (SSSR count). The van der Waals surface area contributed by atoms with E-state index in [0.717, 1.165) is 10.0 Å². The summed E-state index contributed by atoms with van der Waals surface area (Å²) in [6.45, 7) is 1.82. The van der Waals surface area contributed by atoms with Gasteiger partial charge in [0.15, 0.2) is 0 Å². The SMILES string of the molecule is Cc1cc(Br)cnc1NC(=O)c1ccc(C(=O)O)nc1. The van der Waals surface area contributed by atoms with Crippen LogP contribution in [-0.2, 0) is 0 Å². The van der Waals surface area contributed by atoms with E-state index < -0.39 is 11.9 Å². The molecule has 0 spiro atoms. The van der Waals surface area contributed by atoms with Gasteiger partial charge in [-0.2, -0.15) is 0 Å². The minimum Gasteiger partial charge on any atom is -0.477 e. The maximum absolute atomic E-state index is 12.0. The van der Waals surface area contributed by atoms with Crippen LogP contribution in [0.15, 0.2) is 35.1 Å². The van der Waals surface area contributed by atoms with Crippen molar-refractivity contribution in [3.05, 3.63) is 51.9 Å². The second-order valence-electron chi connectivity index (χ2n) is 4.01. The molecule has 20 heavy (non-hydrogen) atoms. The van der Waals surface area contributed by atoms with Gasteiger partial charge in [0.1, 0.15) is 11.5 Å². The zero-order valence-electron chi connectivity index (χ0n) is 10.4. The number of anilines is 1. The molecule has 0 aliphatic carbocycles. The van der Waals surface area contributed by atoms with Crippen molar-refractivity contribution in [2.75, 3.05) is 5.32 Å². The van der Waals surface area contributed by atoms with Crippen molar-refractivity contribution < 1.29 is 14.7 Å². The molecular formula is C13H10BrN3O3. The predicted octanol–water partition coefficient (Wildman–Crippen LogP) is 2.50. The molecular weight excluding hydrogens is 326 g/mol. The number of carboxylic acids is 1. The van der Waals surface area contributed by atoms with E-state index >= 15 is 0 Å². The summed E-state index contributed by atoms with van der Waals surface area (Å²) in [5, 5.41) is 11.4. The van der Waals surface area contributed by atoms with E-state index in [1.807, 2.05) is 13.0 Å². The topological polar surface area (TPSA) is 92.2 Å².